The van der Waals surface area contributed by atoms with Gasteiger partial charge in [-0.2, -0.15) is 4.31 Å². The van der Waals surface area contributed by atoms with Crippen LogP contribution in [-0.4, -0.2) is 46.0 Å². The predicted molar refractivity (Wildman–Crippen MR) is 87.8 cm³/mol. The van der Waals surface area contributed by atoms with Gasteiger partial charge in [0.2, 0.25) is 15.9 Å². The van der Waals surface area contributed by atoms with Crippen molar-refractivity contribution in [1.29, 1.82) is 0 Å². The molecule has 1 aromatic carbocycles. The summed E-state index contributed by atoms with van der Waals surface area (Å²) in [6.45, 7) is 0.551. The van der Waals surface area contributed by atoms with Crippen LogP contribution in [0.2, 0.25) is 0 Å². The lowest BCUT2D eigenvalue weighted by atomic mass is 10.1. The molecule has 3 aromatic rings. The first-order valence-electron chi connectivity index (χ1n) is 7.89. The predicted octanol–water partition coefficient (Wildman–Crippen LogP) is 1.84. The Balaban J connectivity index is 1.52. The van der Waals surface area contributed by atoms with E-state index in [1.165, 1.54) is 35.0 Å². The molecule has 26 heavy (non-hydrogen) atoms. The van der Waals surface area contributed by atoms with Gasteiger partial charge in [-0.15, -0.1) is 10.2 Å². The maximum atomic E-state index is 13.0. The van der Waals surface area contributed by atoms with E-state index in [-0.39, 0.29) is 23.2 Å². The van der Waals surface area contributed by atoms with Crippen molar-refractivity contribution >= 4 is 10.0 Å². The molecule has 1 fully saturated rings. The highest BCUT2D eigenvalue weighted by molar-refractivity contribution is 7.89. The number of hydrogen-bond donors (Lipinski definition) is 0. The van der Waals surface area contributed by atoms with Crippen molar-refractivity contribution in [3.05, 3.63) is 54.6 Å². The van der Waals surface area contributed by atoms with Crippen LogP contribution in [0.4, 0.5) is 4.39 Å². The second kappa shape index (κ2) is 6.54. The van der Waals surface area contributed by atoms with E-state index in [0.717, 1.165) is 12.1 Å². The van der Waals surface area contributed by atoms with Gasteiger partial charge in [0.1, 0.15) is 11.5 Å². The summed E-state index contributed by atoms with van der Waals surface area (Å²) in [5, 5.41) is 7.98. The fraction of sp³-hybridized carbons (Fsp3) is 0.250. The zero-order chi connectivity index (χ0) is 18.1. The Hall–Kier alpha value is -2.72. The molecule has 1 aliphatic rings. The van der Waals surface area contributed by atoms with E-state index in [9.17, 15) is 12.8 Å². The molecule has 4 rings (SSSR count). The Kier molecular flexibility index (Phi) is 4.21. The van der Waals surface area contributed by atoms with E-state index >= 15 is 0 Å². The maximum Gasteiger partial charge on any atom is 0.267 e. The molecule has 3 heterocycles. The van der Waals surface area contributed by atoms with Crippen molar-refractivity contribution < 1.29 is 17.2 Å². The molecule has 0 unspecified atom stereocenters. The van der Waals surface area contributed by atoms with Crippen molar-refractivity contribution in [2.24, 2.45) is 0 Å². The van der Waals surface area contributed by atoms with Gasteiger partial charge in [0, 0.05) is 25.5 Å². The van der Waals surface area contributed by atoms with E-state index in [1.807, 2.05) is 0 Å². The third-order valence-electron chi connectivity index (χ3n) is 4.17. The molecule has 134 valence electrons. The molecular formula is C16H14FN5O3S. The molecule has 0 radical (unpaired) electrons. The molecule has 0 saturated carbocycles. The molecule has 10 heteroatoms. The number of halogens is 1. The lowest BCUT2D eigenvalue weighted by Gasteiger charge is -2.15. The van der Waals surface area contributed by atoms with Crippen LogP contribution in [0.5, 0.6) is 0 Å². The van der Waals surface area contributed by atoms with Gasteiger partial charge in [0.15, 0.2) is 0 Å². The summed E-state index contributed by atoms with van der Waals surface area (Å²) in [5.41, 5.74) is 0.458. The first kappa shape index (κ1) is 16.7. The van der Waals surface area contributed by atoms with E-state index < -0.39 is 15.8 Å². The molecule has 0 bridgehead atoms. The Morgan fingerprint density at radius 3 is 2.69 bits per heavy atom. The fourth-order valence-corrected chi connectivity index (χ4v) is 4.32. The van der Waals surface area contributed by atoms with Crippen molar-refractivity contribution in [2.75, 3.05) is 13.1 Å². The van der Waals surface area contributed by atoms with Crippen LogP contribution in [-0.2, 0) is 10.0 Å². The summed E-state index contributed by atoms with van der Waals surface area (Å²) < 4.78 is 45.4. The van der Waals surface area contributed by atoms with Gasteiger partial charge in [-0.25, -0.2) is 17.8 Å². The lowest BCUT2D eigenvalue weighted by Crippen LogP contribution is -2.28. The fourth-order valence-electron chi connectivity index (χ4n) is 2.82. The van der Waals surface area contributed by atoms with Crippen molar-refractivity contribution in [3.8, 4) is 11.6 Å². The Morgan fingerprint density at radius 2 is 1.96 bits per heavy atom. The molecule has 0 aliphatic carbocycles. The summed E-state index contributed by atoms with van der Waals surface area (Å²) in [5.74, 6) is -0.0794. The van der Waals surface area contributed by atoms with Gasteiger partial charge >= 0.3 is 0 Å². The molecule has 1 saturated heterocycles. The van der Waals surface area contributed by atoms with Crippen LogP contribution >= 0.6 is 0 Å². The highest BCUT2D eigenvalue weighted by atomic mass is 32.2. The SMILES string of the molecule is O=S(=O)(c1ccc(F)cc1)N1CC[C@H](c2nnc(-c3cnccn3)o2)C1. The maximum absolute atomic E-state index is 13.0. The summed E-state index contributed by atoms with van der Waals surface area (Å²) in [6.07, 6.45) is 5.13. The largest absolute Gasteiger partial charge is 0.419 e. The first-order valence-corrected chi connectivity index (χ1v) is 9.33. The molecule has 2 aromatic heterocycles. The number of rotatable bonds is 4. The standard InChI is InChI=1S/C16H14FN5O3S/c17-12-1-3-13(4-2-12)26(23,24)22-8-5-11(10-22)15-20-21-16(25-15)14-9-18-6-7-19-14/h1-4,6-7,9,11H,5,8,10H2/t11-/m0/s1. The highest BCUT2D eigenvalue weighted by Crippen LogP contribution is 2.31. The summed E-state index contributed by atoms with van der Waals surface area (Å²) in [7, 11) is -3.69. The van der Waals surface area contributed by atoms with Gasteiger partial charge in [-0.05, 0) is 30.7 Å². The Labute approximate surface area is 148 Å². The van der Waals surface area contributed by atoms with Gasteiger partial charge in [-0.3, -0.25) is 4.98 Å². The number of sulfonamides is 1. The van der Waals surface area contributed by atoms with Crippen LogP contribution in [0.25, 0.3) is 11.6 Å². The van der Waals surface area contributed by atoms with Crippen LogP contribution in [0.15, 0.2) is 52.2 Å². The number of hydrogen-bond acceptors (Lipinski definition) is 7. The van der Waals surface area contributed by atoms with Crippen LogP contribution in [0.1, 0.15) is 18.2 Å². The average molecular weight is 375 g/mol. The zero-order valence-corrected chi connectivity index (χ0v) is 14.3. The molecular weight excluding hydrogens is 361 g/mol. The highest BCUT2D eigenvalue weighted by Gasteiger charge is 2.35. The third kappa shape index (κ3) is 3.08. The topological polar surface area (TPSA) is 102 Å². The summed E-state index contributed by atoms with van der Waals surface area (Å²) in [4.78, 5) is 8.10. The molecule has 1 aliphatic heterocycles. The van der Waals surface area contributed by atoms with E-state index in [4.69, 9.17) is 4.42 Å². The van der Waals surface area contributed by atoms with Crippen molar-refractivity contribution in [3.63, 3.8) is 0 Å². The average Bonchev–Trinajstić information content (AvgIpc) is 3.33. The van der Waals surface area contributed by atoms with E-state index in [0.29, 0.717) is 24.6 Å². The monoisotopic (exact) mass is 375 g/mol. The quantitative estimate of drug-likeness (QED) is 0.685. The third-order valence-corrected chi connectivity index (χ3v) is 6.05. The van der Waals surface area contributed by atoms with Crippen molar-refractivity contribution in [2.45, 2.75) is 17.2 Å². The van der Waals surface area contributed by atoms with E-state index in [1.54, 1.807) is 0 Å². The Bertz CT molecular complexity index is 1010. The van der Waals surface area contributed by atoms with Gasteiger partial charge < -0.3 is 4.42 Å². The van der Waals surface area contributed by atoms with Crippen LogP contribution < -0.4 is 0 Å². The smallest absolute Gasteiger partial charge is 0.267 e. The molecule has 0 N–H and O–H groups in total. The molecule has 0 amide bonds. The summed E-state index contributed by atoms with van der Waals surface area (Å²) in [6, 6.07) is 4.78. The van der Waals surface area contributed by atoms with Crippen LogP contribution in [0.3, 0.4) is 0 Å². The molecule has 0 spiro atoms. The minimum absolute atomic E-state index is 0.0605. The molecule has 1 atom stereocenters. The first-order chi connectivity index (χ1) is 12.5. The van der Waals surface area contributed by atoms with Gasteiger partial charge in [0.05, 0.1) is 17.0 Å². The second-order valence-corrected chi connectivity index (χ2v) is 7.78. The number of nitrogens with zero attached hydrogens (tertiary/aromatic N) is 5. The number of benzene rings is 1. The van der Waals surface area contributed by atoms with Crippen molar-refractivity contribution in [1.82, 2.24) is 24.5 Å². The van der Waals surface area contributed by atoms with E-state index in [2.05, 4.69) is 20.2 Å². The zero-order valence-electron chi connectivity index (χ0n) is 13.5. The minimum Gasteiger partial charge on any atom is -0.419 e. The second-order valence-electron chi connectivity index (χ2n) is 5.84. The molecule has 8 nitrogen and oxygen atoms in total. The minimum atomic E-state index is -3.69. The summed E-state index contributed by atoms with van der Waals surface area (Å²) >= 11 is 0. The number of aromatic nitrogens is 4. The van der Waals surface area contributed by atoms with Gasteiger partial charge in [0.25, 0.3) is 5.89 Å². The Morgan fingerprint density at radius 1 is 1.15 bits per heavy atom. The lowest BCUT2D eigenvalue weighted by molar-refractivity contribution is 0.439. The van der Waals surface area contributed by atoms with Gasteiger partial charge in [-0.1, -0.05) is 0 Å². The van der Waals surface area contributed by atoms with Crippen LogP contribution in [0, 0.1) is 5.82 Å². The normalized spacial score (nSPS) is 18.3.